The molecule has 27 heavy (non-hydrogen) atoms. The lowest BCUT2D eigenvalue weighted by Crippen LogP contribution is -2.27. The molecule has 6 nitrogen and oxygen atoms in total. The van der Waals surface area contributed by atoms with Gasteiger partial charge in [0, 0.05) is 19.4 Å². The normalized spacial score (nSPS) is 14.6. The van der Waals surface area contributed by atoms with E-state index in [1.807, 2.05) is 0 Å². The first-order chi connectivity index (χ1) is 12.5. The van der Waals surface area contributed by atoms with Crippen LogP contribution in [0.25, 0.3) is 0 Å². The van der Waals surface area contributed by atoms with Gasteiger partial charge in [-0.15, -0.1) is 12.4 Å². The third kappa shape index (κ3) is 5.71. The van der Waals surface area contributed by atoms with E-state index in [0.29, 0.717) is 30.3 Å². The average molecular weight is 400 g/mol. The highest BCUT2D eigenvalue weighted by molar-refractivity contribution is 5.88. The van der Waals surface area contributed by atoms with E-state index in [9.17, 15) is 13.6 Å². The molecule has 2 aromatic rings. The van der Waals surface area contributed by atoms with Gasteiger partial charge in [-0.2, -0.15) is 10.1 Å². The van der Waals surface area contributed by atoms with Crippen LogP contribution in [0.15, 0.2) is 18.2 Å². The van der Waals surface area contributed by atoms with Crippen LogP contribution in [0.3, 0.4) is 0 Å². The van der Waals surface area contributed by atoms with Crippen molar-refractivity contribution in [1.82, 2.24) is 20.1 Å². The summed E-state index contributed by atoms with van der Waals surface area (Å²) in [5.74, 6) is -0.362. The minimum absolute atomic E-state index is 0. The predicted molar refractivity (Wildman–Crippen MR) is 101 cm³/mol. The van der Waals surface area contributed by atoms with E-state index >= 15 is 0 Å². The van der Waals surface area contributed by atoms with Gasteiger partial charge in [-0.3, -0.25) is 10.1 Å². The number of nitrogens with zero attached hydrogens (tertiary/aromatic N) is 3. The molecule has 1 amide bonds. The molecule has 0 saturated carbocycles. The lowest BCUT2D eigenvalue weighted by molar-refractivity contribution is -0.116. The van der Waals surface area contributed by atoms with E-state index in [-0.39, 0.29) is 24.7 Å². The number of carbonyl (C=O) groups excluding carboxylic acids is 1. The van der Waals surface area contributed by atoms with Gasteiger partial charge in [0.25, 0.3) is 0 Å². The number of carbonyl (C=O) groups is 1. The first-order valence-electron chi connectivity index (χ1n) is 8.88. The lowest BCUT2D eigenvalue weighted by Gasteiger charge is -2.19. The van der Waals surface area contributed by atoms with Crippen LogP contribution in [0.5, 0.6) is 0 Å². The molecule has 1 fully saturated rings. The van der Waals surface area contributed by atoms with E-state index in [2.05, 4.69) is 20.7 Å². The van der Waals surface area contributed by atoms with Crippen LogP contribution in [0.1, 0.15) is 43.0 Å². The third-order valence-corrected chi connectivity index (χ3v) is 4.59. The Morgan fingerprint density at radius 1 is 1.30 bits per heavy atom. The SMILES string of the molecule is Cl.Cn1nc(C2CCNCC2)nc1NC(=O)CCCc1ccc(F)c(F)c1. The third-order valence-electron chi connectivity index (χ3n) is 4.59. The Bertz CT molecular complexity index is 777. The molecule has 1 aliphatic heterocycles. The van der Waals surface area contributed by atoms with Gasteiger partial charge >= 0.3 is 0 Å². The fourth-order valence-electron chi connectivity index (χ4n) is 3.10. The van der Waals surface area contributed by atoms with Crippen molar-refractivity contribution in [2.75, 3.05) is 18.4 Å². The summed E-state index contributed by atoms with van der Waals surface area (Å²) >= 11 is 0. The number of anilines is 1. The fourth-order valence-corrected chi connectivity index (χ4v) is 3.10. The van der Waals surface area contributed by atoms with Crippen LogP contribution in [0, 0.1) is 11.6 Å². The maximum atomic E-state index is 13.2. The van der Waals surface area contributed by atoms with Crippen molar-refractivity contribution >= 4 is 24.3 Å². The van der Waals surface area contributed by atoms with Crippen LogP contribution in [-0.2, 0) is 18.3 Å². The molecule has 9 heteroatoms. The molecule has 2 N–H and O–H groups in total. The van der Waals surface area contributed by atoms with Crippen molar-refractivity contribution in [3.8, 4) is 0 Å². The Balaban J connectivity index is 0.00000261. The van der Waals surface area contributed by atoms with Gasteiger partial charge in [-0.1, -0.05) is 6.07 Å². The van der Waals surface area contributed by atoms with Gasteiger partial charge in [0.15, 0.2) is 17.5 Å². The van der Waals surface area contributed by atoms with E-state index in [0.717, 1.165) is 37.8 Å². The second kappa shape index (κ2) is 9.75. The maximum Gasteiger partial charge on any atom is 0.227 e. The maximum absolute atomic E-state index is 13.2. The number of amides is 1. The van der Waals surface area contributed by atoms with Crippen molar-refractivity contribution < 1.29 is 13.6 Å². The molecule has 2 heterocycles. The van der Waals surface area contributed by atoms with E-state index in [4.69, 9.17) is 0 Å². The Hall–Kier alpha value is -2.06. The van der Waals surface area contributed by atoms with Crippen LogP contribution in [-0.4, -0.2) is 33.8 Å². The molecule has 0 unspecified atom stereocenters. The summed E-state index contributed by atoms with van der Waals surface area (Å²) in [5, 5.41) is 10.5. The number of hydrogen-bond donors (Lipinski definition) is 2. The topological polar surface area (TPSA) is 71.8 Å². The Kier molecular flexibility index (Phi) is 7.67. The fraction of sp³-hybridized carbons (Fsp3) is 0.500. The quantitative estimate of drug-likeness (QED) is 0.783. The molecule has 0 atom stereocenters. The lowest BCUT2D eigenvalue weighted by atomic mass is 9.98. The average Bonchev–Trinajstić information content (AvgIpc) is 2.99. The zero-order valence-corrected chi connectivity index (χ0v) is 16.0. The zero-order chi connectivity index (χ0) is 18.5. The van der Waals surface area contributed by atoms with E-state index < -0.39 is 11.6 Å². The Morgan fingerprint density at radius 3 is 2.74 bits per heavy atom. The Labute approximate surface area is 163 Å². The van der Waals surface area contributed by atoms with Crippen LogP contribution < -0.4 is 10.6 Å². The van der Waals surface area contributed by atoms with Crippen molar-refractivity contribution in [2.24, 2.45) is 7.05 Å². The minimum Gasteiger partial charge on any atom is -0.317 e. The van der Waals surface area contributed by atoms with Gasteiger partial charge < -0.3 is 5.32 Å². The summed E-state index contributed by atoms with van der Waals surface area (Å²) < 4.78 is 27.7. The van der Waals surface area contributed by atoms with Crippen molar-refractivity contribution in [3.05, 3.63) is 41.2 Å². The molecule has 1 saturated heterocycles. The monoisotopic (exact) mass is 399 g/mol. The van der Waals surface area contributed by atoms with E-state index in [1.165, 1.54) is 12.1 Å². The largest absolute Gasteiger partial charge is 0.317 e. The molecule has 1 aliphatic rings. The number of aryl methyl sites for hydroxylation is 2. The molecule has 0 spiro atoms. The van der Waals surface area contributed by atoms with Crippen LogP contribution in [0.2, 0.25) is 0 Å². The second-order valence-electron chi connectivity index (χ2n) is 6.59. The highest BCUT2D eigenvalue weighted by Gasteiger charge is 2.21. The molecule has 148 valence electrons. The summed E-state index contributed by atoms with van der Waals surface area (Å²) in [5.41, 5.74) is 0.670. The predicted octanol–water partition coefficient (Wildman–Crippen LogP) is 2.94. The molecule has 0 radical (unpaired) electrons. The summed E-state index contributed by atoms with van der Waals surface area (Å²) in [6.45, 7) is 1.91. The number of benzene rings is 1. The van der Waals surface area contributed by atoms with Crippen molar-refractivity contribution in [1.29, 1.82) is 0 Å². The summed E-state index contributed by atoms with van der Waals surface area (Å²) in [6, 6.07) is 3.80. The highest BCUT2D eigenvalue weighted by Crippen LogP contribution is 2.23. The van der Waals surface area contributed by atoms with Gasteiger partial charge in [0.1, 0.15) is 0 Å². The summed E-state index contributed by atoms with van der Waals surface area (Å²) in [4.78, 5) is 16.6. The first-order valence-corrected chi connectivity index (χ1v) is 8.88. The standard InChI is InChI=1S/C18H23F2N5O.ClH/c1-25-18(23-17(24-25)13-7-9-21-10-8-13)22-16(26)4-2-3-12-5-6-14(19)15(20)11-12;/h5-6,11,13,21H,2-4,7-10H2,1H3,(H,22,23,24,26);1H. The van der Waals surface area contributed by atoms with Crippen LogP contribution in [0.4, 0.5) is 14.7 Å². The minimum atomic E-state index is -0.864. The number of halogens is 3. The number of nitrogens with one attached hydrogen (secondary N) is 2. The van der Waals surface area contributed by atoms with E-state index in [1.54, 1.807) is 11.7 Å². The molecule has 0 aliphatic carbocycles. The summed E-state index contributed by atoms with van der Waals surface area (Å²) in [6.07, 6.45) is 3.30. The first kappa shape index (κ1) is 21.2. The van der Waals surface area contributed by atoms with Crippen molar-refractivity contribution in [2.45, 2.75) is 38.0 Å². The van der Waals surface area contributed by atoms with Gasteiger partial charge in [0.2, 0.25) is 11.9 Å². The Morgan fingerprint density at radius 2 is 2.04 bits per heavy atom. The number of hydrogen-bond acceptors (Lipinski definition) is 4. The second-order valence-corrected chi connectivity index (χ2v) is 6.59. The summed E-state index contributed by atoms with van der Waals surface area (Å²) in [7, 11) is 1.76. The van der Waals surface area contributed by atoms with Gasteiger partial charge in [-0.05, 0) is 56.5 Å². The molecular formula is C18H24ClF2N5O. The highest BCUT2D eigenvalue weighted by atomic mass is 35.5. The molecular weight excluding hydrogens is 376 g/mol. The van der Waals surface area contributed by atoms with Gasteiger partial charge in [0.05, 0.1) is 0 Å². The molecule has 3 rings (SSSR count). The molecule has 1 aromatic heterocycles. The molecule has 1 aromatic carbocycles. The zero-order valence-electron chi connectivity index (χ0n) is 15.2. The number of piperidine rings is 1. The smallest absolute Gasteiger partial charge is 0.227 e. The van der Waals surface area contributed by atoms with Gasteiger partial charge in [-0.25, -0.2) is 13.5 Å². The van der Waals surface area contributed by atoms with Crippen LogP contribution >= 0.6 is 12.4 Å². The number of rotatable bonds is 6. The van der Waals surface area contributed by atoms with Crippen molar-refractivity contribution in [3.63, 3.8) is 0 Å². The number of aromatic nitrogens is 3. The molecule has 0 bridgehead atoms.